The van der Waals surface area contributed by atoms with Crippen LogP contribution in [0.25, 0.3) is 0 Å². The van der Waals surface area contributed by atoms with E-state index in [9.17, 15) is 14.4 Å². The van der Waals surface area contributed by atoms with Crippen molar-refractivity contribution in [2.75, 3.05) is 19.1 Å². The Bertz CT molecular complexity index is 1300. The summed E-state index contributed by atoms with van der Waals surface area (Å²) in [6, 6.07) is 19.7. The quantitative estimate of drug-likeness (QED) is 0.540. The van der Waals surface area contributed by atoms with Crippen LogP contribution < -0.4 is 4.90 Å². The summed E-state index contributed by atoms with van der Waals surface area (Å²) < 4.78 is 21.9. The van der Waals surface area contributed by atoms with E-state index in [1.165, 1.54) is 20.5 Å². The molecule has 2 aliphatic rings. The average molecular weight is 459 g/mol. The molecular weight excluding hydrogens is 438 g/mol. The Balaban J connectivity index is 1.75. The van der Waals surface area contributed by atoms with E-state index in [0.717, 1.165) is 5.56 Å². The van der Waals surface area contributed by atoms with E-state index in [1.807, 2.05) is 30.3 Å². The molecule has 0 fully saturated rings. The molecule has 1 spiro atoms. The molecule has 0 N–H and O–H groups in total. The van der Waals surface area contributed by atoms with Gasteiger partial charge in [0.2, 0.25) is 5.60 Å². The largest absolute Gasteiger partial charge is 0.466 e. The third-order valence-corrected chi connectivity index (χ3v) is 6.08. The number of rotatable bonds is 5. The van der Waals surface area contributed by atoms with Crippen LogP contribution in [0.1, 0.15) is 23.0 Å². The highest BCUT2D eigenvalue weighted by Crippen LogP contribution is 2.57. The topological polar surface area (TPSA) is 95.3 Å². The van der Waals surface area contributed by atoms with E-state index in [-0.39, 0.29) is 23.5 Å². The van der Waals surface area contributed by atoms with Crippen LogP contribution in [0.3, 0.4) is 0 Å². The number of amides is 1. The van der Waals surface area contributed by atoms with Gasteiger partial charge in [0, 0.05) is 5.56 Å². The Morgan fingerprint density at radius 3 is 2.32 bits per heavy atom. The van der Waals surface area contributed by atoms with Gasteiger partial charge in [0.1, 0.15) is 5.76 Å². The smallest absolute Gasteiger partial charge is 0.338 e. The minimum Gasteiger partial charge on any atom is -0.466 e. The number of para-hydroxylation sites is 1. The maximum atomic E-state index is 14.2. The van der Waals surface area contributed by atoms with Gasteiger partial charge in [0.25, 0.3) is 5.91 Å². The molecule has 2 atom stereocenters. The normalized spacial score (nSPS) is 21.2. The van der Waals surface area contributed by atoms with Gasteiger partial charge < -0.3 is 23.5 Å². The van der Waals surface area contributed by atoms with Gasteiger partial charge in [0.05, 0.1) is 43.9 Å². The van der Waals surface area contributed by atoms with E-state index in [4.69, 9.17) is 18.6 Å². The van der Waals surface area contributed by atoms with Crippen molar-refractivity contribution in [3.63, 3.8) is 0 Å². The van der Waals surface area contributed by atoms with Gasteiger partial charge in [-0.3, -0.25) is 4.79 Å². The first kappa shape index (κ1) is 21.7. The lowest BCUT2D eigenvalue weighted by Gasteiger charge is -2.26. The molecule has 1 aromatic heterocycles. The lowest BCUT2D eigenvalue weighted by molar-refractivity contribution is -0.149. The summed E-state index contributed by atoms with van der Waals surface area (Å²) in [5.74, 6) is -1.93. The van der Waals surface area contributed by atoms with Crippen LogP contribution in [-0.4, -0.2) is 32.1 Å². The van der Waals surface area contributed by atoms with Crippen LogP contribution in [0.2, 0.25) is 0 Å². The van der Waals surface area contributed by atoms with E-state index in [2.05, 4.69) is 0 Å². The number of carbonyl (C=O) groups excluding carboxylic acids is 3. The van der Waals surface area contributed by atoms with Crippen molar-refractivity contribution in [1.82, 2.24) is 0 Å². The third-order valence-electron chi connectivity index (χ3n) is 6.08. The molecule has 5 rings (SSSR count). The molecule has 2 aliphatic heterocycles. The number of anilines is 1. The molecule has 8 heteroatoms. The number of nitrogens with zero attached hydrogens (tertiary/aromatic N) is 1. The van der Waals surface area contributed by atoms with E-state index in [1.54, 1.807) is 41.3 Å². The van der Waals surface area contributed by atoms with Gasteiger partial charge in [0.15, 0.2) is 6.10 Å². The molecule has 172 valence electrons. The summed E-state index contributed by atoms with van der Waals surface area (Å²) in [7, 11) is 2.38. The number of esters is 2. The molecule has 3 aromatic rings. The Morgan fingerprint density at radius 1 is 0.941 bits per heavy atom. The predicted octanol–water partition coefficient (Wildman–Crippen LogP) is 3.44. The number of methoxy groups -OCH3 is 2. The first-order valence-electron chi connectivity index (χ1n) is 10.6. The Morgan fingerprint density at radius 2 is 1.65 bits per heavy atom. The summed E-state index contributed by atoms with van der Waals surface area (Å²) in [6.45, 7) is 0.245. The number of fused-ring (bicyclic) bond motifs is 2. The number of ether oxygens (including phenoxy) is 3. The highest BCUT2D eigenvalue weighted by molar-refractivity contribution is 6.17. The van der Waals surface area contributed by atoms with Crippen LogP contribution in [-0.2, 0) is 40.7 Å². The first-order chi connectivity index (χ1) is 16.5. The molecule has 0 saturated heterocycles. The summed E-state index contributed by atoms with van der Waals surface area (Å²) in [5, 5.41) is 0. The average Bonchev–Trinajstić information content (AvgIpc) is 3.58. The summed E-state index contributed by atoms with van der Waals surface area (Å²) >= 11 is 0. The van der Waals surface area contributed by atoms with E-state index in [0.29, 0.717) is 11.3 Å². The number of hydrogen-bond donors (Lipinski definition) is 0. The van der Waals surface area contributed by atoms with Gasteiger partial charge in [-0.1, -0.05) is 48.5 Å². The van der Waals surface area contributed by atoms with Crippen molar-refractivity contribution in [2.45, 2.75) is 18.2 Å². The monoisotopic (exact) mass is 459 g/mol. The molecule has 3 heterocycles. The third kappa shape index (κ3) is 3.07. The zero-order valence-electron chi connectivity index (χ0n) is 18.5. The molecular formula is C26H21NO7. The summed E-state index contributed by atoms with van der Waals surface area (Å²) in [5.41, 5.74) is -0.349. The highest BCUT2D eigenvalue weighted by Gasteiger charge is 2.64. The minimum atomic E-state index is -1.90. The molecule has 0 unspecified atom stereocenters. The fourth-order valence-corrected chi connectivity index (χ4v) is 4.63. The van der Waals surface area contributed by atoms with E-state index >= 15 is 0 Å². The second-order valence-electron chi connectivity index (χ2n) is 7.86. The van der Waals surface area contributed by atoms with Gasteiger partial charge >= 0.3 is 11.9 Å². The van der Waals surface area contributed by atoms with E-state index < -0.39 is 29.6 Å². The number of furan rings is 1. The molecule has 8 nitrogen and oxygen atoms in total. The van der Waals surface area contributed by atoms with Crippen molar-refractivity contribution < 1.29 is 33.0 Å². The van der Waals surface area contributed by atoms with Crippen LogP contribution in [0, 0.1) is 0 Å². The Kier molecular flexibility index (Phi) is 5.30. The molecule has 0 radical (unpaired) electrons. The second kappa shape index (κ2) is 8.31. The predicted molar refractivity (Wildman–Crippen MR) is 119 cm³/mol. The SMILES string of the molecule is COC(=O)C1=C(C(=O)OC)[C@@]2(O[C@H]1c1ccco1)C(=O)N(Cc1ccccc1)c1ccccc12. The fraction of sp³-hybridized carbons (Fsp3) is 0.192. The zero-order chi connectivity index (χ0) is 23.9. The maximum absolute atomic E-state index is 14.2. The van der Waals surface area contributed by atoms with Crippen molar-refractivity contribution in [3.8, 4) is 0 Å². The van der Waals surface area contributed by atoms with Crippen molar-refractivity contribution in [3.05, 3.63) is 101 Å². The van der Waals surface area contributed by atoms with Crippen LogP contribution in [0.5, 0.6) is 0 Å². The lowest BCUT2D eigenvalue weighted by Crippen LogP contribution is -2.43. The van der Waals surface area contributed by atoms with Gasteiger partial charge in [-0.25, -0.2) is 9.59 Å². The first-order valence-corrected chi connectivity index (χ1v) is 10.6. The maximum Gasteiger partial charge on any atom is 0.338 e. The Labute approximate surface area is 195 Å². The minimum absolute atomic E-state index is 0.131. The molecule has 2 aromatic carbocycles. The number of carbonyl (C=O) groups is 3. The van der Waals surface area contributed by atoms with Gasteiger partial charge in [-0.2, -0.15) is 0 Å². The Hall–Kier alpha value is -4.17. The van der Waals surface area contributed by atoms with Crippen LogP contribution in [0.4, 0.5) is 5.69 Å². The van der Waals surface area contributed by atoms with Crippen molar-refractivity contribution in [1.29, 1.82) is 0 Å². The molecule has 34 heavy (non-hydrogen) atoms. The fourth-order valence-electron chi connectivity index (χ4n) is 4.63. The summed E-state index contributed by atoms with van der Waals surface area (Å²) in [4.78, 5) is 41.8. The van der Waals surface area contributed by atoms with Crippen molar-refractivity contribution in [2.24, 2.45) is 0 Å². The van der Waals surface area contributed by atoms with Gasteiger partial charge in [-0.05, 0) is 23.8 Å². The number of benzene rings is 2. The van der Waals surface area contributed by atoms with Crippen LogP contribution in [0.15, 0.2) is 88.6 Å². The lowest BCUT2D eigenvalue weighted by atomic mass is 9.85. The zero-order valence-corrected chi connectivity index (χ0v) is 18.5. The molecule has 0 bridgehead atoms. The summed E-state index contributed by atoms with van der Waals surface area (Å²) in [6.07, 6.45) is 0.271. The van der Waals surface area contributed by atoms with Gasteiger partial charge in [-0.15, -0.1) is 0 Å². The van der Waals surface area contributed by atoms with Crippen LogP contribution >= 0.6 is 0 Å². The highest BCUT2D eigenvalue weighted by atomic mass is 16.6. The molecule has 1 amide bonds. The standard InChI is InChI=1S/C26H21NO7/c1-31-23(28)20-21(24(29)32-2)26(34-22(20)19-13-8-14-33-19)17-11-6-7-12-18(17)27(25(26)30)15-16-9-4-3-5-10-16/h3-14,22H,15H2,1-2H3/t22-,26+/m0/s1. The number of hydrogen-bond acceptors (Lipinski definition) is 7. The molecule has 0 saturated carbocycles. The second-order valence-corrected chi connectivity index (χ2v) is 7.86. The molecule has 0 aliphatic carbocycles. The van der Waals surface area contributed by atoms with Crippen molar-refractivity contribution >= 4 is 23.5 Å².